The Labute approximate surface area is 136 Å². The molecule has 0 N–H and O–H groups in total. The van der Waals surface area contributed by atoms with Crippen molar-refractivity contribution in [2.45, 2.75) is 54.0 Å². The first-order valence-electron chi connectivity index (χ1n) is 8.60. The molecule has 22 heavy (non-hydrogen) atoms. The fourth-order valence-corrected chi connectivity index (χ4v) is 2.64. The molecule has 1 amide bonds. The molecule has 3 nitrogen and oxygen atoms in total. The molecule has 1 rings (SSSR count). The lowest BCUT2D eigenvalue weighted by Gasteiger charge is -2.32. The molecule has 1 atom stereocenters. The van der Waals surface area contributed by atoms with Crippen LogP contribution in [0.5, 0.6) is 0 Å². The third-order valence-electron chi connectivity index (χ3n) is 4.18. The van der Waals surface area contributed by atoms with E-state index in [1.54, 1.807) is 0 Å². The van der Waals surface area contributed by atoms with Gasteiger partial charge in [-0.05, 0) is 57.4 Å². The number of benzene rings is 1. The molecule has 0 aromatic heterocycles. The number of carbonyl (C=O) groups is 1. The molecule has 0 saturated carbocycles. The lowest BCUT2D eigenvalue weighted by atomic mass is 10.1. The van der Waals surface area contributed by atoms with Crippen molar-refractivity contribution >= 4 is 11.6 Å². The molecule has 1 aromatic carbocycles. The Bertz CT molecular complexity index is 449. The van der Waals surface area contributed by atoms with Crippen LogP contribution in [0.15, 0.2) is 24.3 Å². The monoisotopic (exact) mass is 304 g/mol. The van der Waals surface area contributed by atoms with Gasteiger partial charge < -0.3 is 9.80 Å². The summed E-state index contributed by atoms with van der Waals surface area (Å²) >= 11 is 0. The highest BCUT2D eigenvalue weighted by atomic mass is 16.2. The van der Waals surface area contributed by atoms with Crippen molar-refractivity contribution in [1.29, 1.82) is 0 Å². The summed E-state index contributed by atoms with van der Waals surface area (Å²) in [5.41, 5.74) is 1.99. The zero-order valence-electron chi connectivity index (χ0n) is 15.1. The second-order valence-corrected chi connectivity index (χ2v) is 6.33. The topological polar surface area (TPSA) is 23.6 Å². The van der Waals surface area contributed by atoms with Gasteiger partial charge in [-0.15, -0.1) is 0 Å². The highest BCUT2D eigenvalue weighted by molar-refractivity contribution is 5.94. The SMILES string of the molecule is CCC(C)N(CC(C)C)c1ccc(C(=O)N(CC)CC)cc1. The molecule has 0 fully saturated rings. The van der Waals surface area contributed by atoms with Crippen LogP contribution >= 0.6 is 0 Å². The molecule has 0 aliphatic rings. The molecule has 3 heteroatoms. The van der Waals surface area contributed by atoms with Gasteiger partial charge in [0, 0.05) is 36.9 Å². The Hall–Kier alpha value is -1.51. The summed E-state index contributed by atoms with van der Waals surface area (Å²) < 4.78 is 0. The second-order valence-electron chi connectivity index (χ2n) is 6.33. The summed E-state index contributed by atoms with van der Waals surface area (Å²) in [6.45, 7) is 15.5. The van der Waals surface area contributed by atoms with Gasteiger partial charge in [-0.3, -0.25) is 4.79 Å². The number of hydrogen-bond donors (Lipinski definition) is 0. The lowest BCUT2D eigenvalue weighted by molar-refractivity contribution is 0.0773. The normalized spacial score (nSPS) is 12.3. The average molecular weight is 304 g/mol. The summed E-state index contributed by atoms with van der Waals surface area (Å²) in [6, 6.07) is 8.61. The van der Waals surface area contributed by atoms with Gasteiger partial charge in [0.2, 0.25) is 0 Å². The van der Waals surface area contributed by atoms with E-state index in [2.05, 4.69) is 44.7 Å². The number of anilines is 1. The predicted molar refractivity (Wildman–Crippen MR) is 95.6 cm³/mol. The van der Waals surface area contributed by atoms with Crippen LogP contribution in [0.4, 0.5) is 5.69 Å². The van der Waals surface area contributed by atoms with E-state index in [1.807, 2.05) is 30.9 Å². The molecule has 0 aliphatic carbocycles. The van der Waals surface area contributed by atoms with Crippen molar-refractivity contribution in [3.63, 3.8) is 0 Å². The van der Waals surface area contributed by atoms with Crippen molar-refractivity contribution in [2.24, 2.45) is 5.92 Å². The smallest absolute Gasteiger partial charge is 0.253 e. The maximum absolute atomic E-state index is 12.4. The van der Waals surface area contributed by atoms with Gasteiger partial charge in [-0.25, -0.2) is 0 Å². The molecule has 124 valence electrons. The van der Waals surface area contributed by atoms with E-state index >= 15 is 0 Å². The minimum atomic E-state index is 0.121. The zero-order valence-corrected chi connectivity index (χ0v) is 15.1. The first kappa shape index (κ1) is 18.5. The van der Waals surface area contributed by atoms with Crippen molar-refractivity contribution < 1.29 is 4.79 Å². The van der Waals surface area contributed by atoms with Gasteiger partial charge >= 0.3 is 0 Å². The molecular weight excluding hydrogens is 272 g/mol. The Kier molecular flexibility index (Phi) is 7.43. The van der Waals surface area contributed by atoms with Gasteiger partial charge in [0.1, 0.15) is 0 Å². The van der Waals surface area contributed by atoms with Crippen LogP contribution in [-0.2, 0) is 0 Å². The van der Waals surface area contributed by atoms with Crippen molar-refractivity contribution in [2.75, 3.05) is 24.5 Å². The van der Waals surface area contributed by atoms with Gasteiger partial charge in [-0.2, -0.15) is 0 Å². The number of rotatable bonds is 8. The van der Waals surface area contributed by atoms with Gasteiger partial charge in [0.25, 0.3) is 5.91 Å². The van der Waals surface area contributed by atoms with E-state index < -0.39 is 0 Å². The predicted octanol–water partition coefficient (Wildman–Crippen LogP) is 4.43. The molecule has 0 aliphatic heterocycles. The minimum absolute atomic E-state index is 0.121. The van der Waals surface area contributed by atoms with Gasteiger partial charge in [0.05, 0.1) is 0 Å². The summed E-state index contributed by atoms with van der Waals surface area (Å²) in [7, 11) is 0. The average Bonchev–Trinajstić information content (AvgIpc) is 2.53. The highest BCUT2D eigenvalue weighted by Gasteiger charge is 2.16. The molecular formula is C19H32N2O. The fraction of sp³-hybridized carbons (Fsp3) is 0.632. The summed E-state index contributed by atoms with van der Waals surface area (Å²) in [5, 5.41) is 0. The minimum Gasteiger partial charge on any atom is -0.369 e. The summed E-state index contributed by atoms with van der Waals surface area (Å²) in [6.07, 6.45) is 1.12. The standard InChI is InChI=1S/C19H32N2O/c1-7-16(6)21(14-15(4)5)18-12-10-17(11-13-18)19(22)20(8-2)9-3/h10-13,15-16H,7-9,14H2,1-6H3. The molecule has 1 aromatic rings. The van der Waals surface area contributed by atoms with E-state index in [0.717, 1.165) is 31.6 Å². The van der Waals surface area contributed by atoms with Crippen molar-refractivity contribution in [3.05, 3.63) is 29.8 Å². The number of amides is 1. The number of hydrogen-bond acceptors (Lipinski definition) is 2. The number of nitrogens with zero attached hydrogens (tertiary/aromatic N) is 2. The Morgan fingerprint density at radius 2 is 1.55 bits per heavy atom. The van der Waals surface area contributed by atoms with Crippen LogP contribution in [-0.4, -0.2) is 36.5 Å². The van der Waals surface area contributed by atoms with E-state index in [-0.39, 0.29) is 5.91 Å². The maximum atomic E-state index is 12.4. The third-order valence-corrected chi connectivity index (χ3v) is 4.18. The third kappa shape index (κ3) is 4.75. The Balaban J connectivity index is 2.95. The second kappa shape index (κ2) is 8.82. The van der Waals surface area contributed by atoms with Crippen molar-refractivity contribution in [3.8, 4) is 0 Å². The van der Waals surface area contributed by atoms with Crippen LogP contribution in [0.2, 0.25) is 0 Å². The molecule has 0 saturated heterocycles. The van der Waals surface area contributed by atoms with E-state index in [4.69, 9.17) is 0 Å². The lowest BCUT2D eigenvalue weighted by Crippen LogP contribution is -2.35. The zero-order chi connectivity index (χ0) is 16.7. The van der Waals surface area contributed by atoms with E-state index in [0.29, 0.717) is 12.0 Å². The van der Waals surface area contributed by atoms with Crippen LogP contribution in [0, 0.1) is 5.92 Å². The van der Waals surface area contributed by atoms with Crippen molar-refractivity contribution in [1.82, 2.24) is 4.90 Å². The molecule has 0 heterocycles. The Morgan fingerprint density at radius 1 is 1.00 bits per heavy atom. The van der Waals surface area contributed by atoms with Crippen LogP contribution in [0.25, 0.3) is 0 Å². The largest absolute Gasteiger partial charge is 0.369 e. The first-order valence-corrected chi connectivity index (χ1v) is 8.60. The van der Waals surface area contributed by atoms with E-state index in [9.17, 15) is 4.79 Å². The molecule has 0 bridgehead atoms. The number of carbonyl (C=O) groups excluding carboxylic acids is 1. The van der Waals surface area contributed by atoms with Gasteiger partial charge in [0.15, 0.2) is 0 Å². The Morgan fingerprint density at radius 3 is 1.95 bits per heavy atom. The van der Waals surface area contributed by atoms with Crippen LogP contribution < -0.4 is 4.90 Å². The van der Waals surface area contributed by atoms with E-state index in [1.165, 1.54) is 5.69 Å². The highest BCUT2D eigenvalue weighted by Crippen LogP contribution is 2.21. The summed E-state index contributed by atoms with van der Waals surface area (Å²) in [4.78, 5) is 16.7. The molecule has 1 unspecified atom stereocenters. The van der Waals surface area contributed by atoms with Gasteiger partial charge in [-0.1, -0.05) is 20.8 Å². The quantitative estimate of drug-likeness (QED) is 0.709. The van der Waals surface area contributed by atoms with Crippen LogP contribution in [0.3, 0.4) is 0 Å². The van der Waals surface area contributed by atoms with Crippen LogP contribution in [0.1, 0.15) is 58.3 Å². The summed E-state index contributed by atoms with van der Waals surface area (Å²) in [5.74, 6) is 0.737. The molecule has 0 spiro atoms. The first-order chi connectivity index (χ1) is 10.4. The maximum Gasteiger partial charge on any atom is 0.253 e. The molecule has 0 radical (unpaired) electrons. The fourth-order valence-electron chi connectivity index (χ4n) is 2.64.